The highest BCUT2D eigenvalue weighted by molar-refractivity contribution is 5.19. The van der Waals surface area contributed by atoms with E-state index in [1.807, 2.05) is 0 Å². The smallest absolute Gasteiger partial charge is 0.316 e. The summed E-state index contributed by atoms with van der Waals surface area (Å²) in [5.41, 5.74) is 5.04. The molecule has 1 rings (SSSR count). The van der Waals surface area contributed by atoms with Gasteiger partial charge in [0.25, 0.3) is 0 Å². The van der Waals surface area contributed by atoms with Crippen LogP contribution in [0.1, 0.15) is 11.6 Å². The van der Waals surface area contributed by atoms with Gasteiger partial charge in [0.1, 0.15) is 6.04 Å². The average Bonchev–Trinajstić information content (AvgIpc) is 2.03. The van der Waals surface area contributed by atoms with Gasteiger partial charge in [0.15, 0.2) is 0 Å². The number of halogens is 3. The molecule has 0 spiro atoms. The zero-order valence-electron chi connectivity index (χ0n) is 6.18. The number of rotatable bonds is 1. The topological polar surface area (TPSA) is 26.0 Å². The van der Waals surface area contributed by atoms with Gasteiger partial charge in [-0.3, -0.25) is 0 Å². The number of alkyl halides is 3. The molecule has 1 aromatic carbocycles. The summed E-state index contributed by atoms with van der Waals surface area (Å²) in [5.74, 6) is 0. The van der Waals surface area contributed by atoms with E-state index in [9.17, 15) is 13.2 Å². The van der Waals surface area contributed by atoms with E-state index in [1.54, 1.807) is 6.07 Å². The van der Waals surface area contributed by atoms with Gasteiger partial charge in [-0.2, -0.15) is 13.2 Å². The second kappa shape index (κ2) is 3.15. The van der Waals surface area contributed by atoms with Crippen LogP contribution < -0.4 is 5.73 Å². The number of hydrogen-bond acceptors (Lipinski definition) is 1. The summed E-state index contributed by atoms with van der Waals surface area (Å²) < 4.78 is 36.0. The monoisotopic (exact) mass is 175 g/mol. The highest BCUT2D eigenvalue weighted by Gasteiger charge is 2.37. The zero-order chi connectivity index (χ0) is 9.19. The molecule has 0 aliphatic heterocycles. The van der Waals surface area contributed by atoms with E-state index in [-0.39, 0.29) is 5.56 Å². The Balaban J connectivity index is 2.86. The van der Waals surface area contributed by atoms with Crippen molar-refractivity contribution >= 4 is 0 Å². The van der Waals surface area contributed by atoms with Crippen molar-refractivity contribution < 1.29 is 13.2 Å². The summed E-state index contributed by atoms with van der Waals surface area (Å²) >= 11 is 0. The Morgan fingerprint density at radius 1 is 1.08 bits per heavy atom. The lowest BCUT2D eigenvalue weighted by Crippen LogP contribution is -2.28. The molecule has 12 heavy (non-hydrogen) atoms. The van der Waals surface area contributed by atoms with Crippen LogP contribution in [0.2, 0.25) is 0 Å². The second-order valence-electron chi connectivity index (χ2n) is 2.43. The van der Waals surface area contributed by atoms with Crippen LogP contribution in [0.5, 0.6) is 0 Å². The van der Waals surface area contributed by atoms with E-state index < -0.39 is 12.2 Å². The fraction of sp³-hybridized carbons (Fsp3) is 0.250. The lowest BCUT2D eigenvalue weighted by Gasteiger charge is -2.15. The molecule has 0 heterocycles. The Kier molecular flexibility index (Phi) is 2.38. The summed E-state index contributed by atoms with van der Waals surface area (Å²) in [6.07, 6.45) is -4.36. The second-order valence-corrected chi connectivity index (χ2v) is 2.43. The summed E-state index contributed by atoms with van der Waals surface area (Å²) in [7, 11) is 0. The Hall–Kier alpha value is -1.03. The van der Waals surface area contributed by atoms with Gasteiger partial charge in [0.2, 0.25) is 0 Å². The maximum atomic E-state index is 12.0. The molecular weight excluding hydrogens is 167 g/mol. The van der Waals surface area contributed by atoms with Crippen molar-refractivity contribution in [2.45, 2.75) is 12.2 Å². The maximum absolute atomic E-state index is 12.0. The minimum absolute atomic E-state index is 0.0880. The predicted molar refractivity (Wildman–Crippen MR) is 39.4 cm³/mol. The van der Waals surface area contributed by atoms with Crippen molar-refractivity contribution in [2.75, 3.05) is 0 Å². The van der Waals surface area contributed by atoms with Gasteiger partial charge in [-0.15, -0.1) is 0 Å². The molecule has 2 N–H and O–H groups in total. The van der Waals surface area contributed by atoms with Crippen molar-refractivity contribution in [2.24, 2.45) is 5.73 Å². The molecule has 1 nitrogen and oxygen atoms in total. The minimum atomic E-state index is -4.36. The molecule has 1 atom stereocenters. The first kappa shape index (κ1) is 9.06. The molecule has 0 radical (unpaired) electrons. The molecule has 66 valence electrons. The first-order chi connectivity index (χ1) is 5.52. The molecule has 0 amide bonds. The fourth-order valence-corrected chi connectivity index (χ4v) is 0.849. The third kappa shape index (κ3) is 1.98. The lowest BCUT2D eigenvalue weighted by molar-refractivity contribution is -0.149. The van der Waals surface area contributed by atoms with Gasteiger partial charge >= 0.3 is 6.18 Å². The zero-order valence-corrected chi connectivity index (χ0v) is 6.18. The normalized spacial score (nSPS) is 14.3. The van der Waals surface area contributed by atoms with Gasteiger partial charge in [-0.1, -0.05) is 30.3 Å². The van der Waals surface area contributed by atoms with E-state index >= 15 is 0 Å². The van der Waals surface area contributed by atoms with Gasteiger partial charge < -0.3 is 5.73 Å². The lowest BCUT2D eigenvalue weighted by atomic mass is 10.1. The molecule has 0 fully saturated rings. The van der Waals surface area contributed by atoms with Crippen LogP contribution in [0.3, 0.4) is 0 Å². The Bertz CT molecular complexity index is 242. The van der Waals surface area contributed by atoms with Crippen LogP contribution >= 0.6 is 0 Å². The first-order valence-electron chi connectivity index (χ1n) is 3.39. The first-order valence-corrected chi connectivity index (χ1v) is 3.39. The van der Waals surface area contributed by atoms with Crippen LogP contribution in [0, 0.1) is 0 Å². The number of nitrogens with two attached hydrogens (primary N) is 1. The van der Waals surface area contributed by atoms with Crippen molar-refractivity contribution in [3.8, 4) is 0 Å². The third-order valence-corrected chi connectivity index (χ3v) is 1.51. The molecular formula is C8H8F3N. The summed E-state index contributed by atoms with van der Waals surface area (Å²) in [4.78, 5) is 0. The number of hydrogen-bond donors (Lipinski definition) is 1. The molecule has 0 unspecified atom stereocenters. The Labute approximate surface area is 68.0 Å². The molecule has 0 saturated heterocycles. The summed E-state index contributed by atoms with van der Waals surface area (Å²) in [6, 6.07) is 5.55. The van der Waals surface area contributed by atoms with Crippen molar-refractivity contribution in [3.05, 3.63) is 35.9 Å². The molecule has 0 aromatic heterocycles. The summed E-state index contributed by atoms with van der Waals surface area (Å²) in [5, 5.41) is 0. The average molecular weight is 175 g/mol. The molecule has 0 aliphatic rings. The third-order valence-electron chi connectivity index (χ3n) is 1.51. The quantitative estimate of drug-likeness (QED) is 0.696. The van der Waals surface area contributed by atoms with E-state index in [0.717, 1.165) is 0 Å². The van der Waals surface area contributed by atoms with E-state index in [2.05, 4.69) is 0 Å². The van der Waals surface area contributed by atoms with E-state index in [4.69, 9.17) is 5.73 Å². The predicted octanol–water partition coefficient (Wildman–Crippen LogP) is 2.25. The maximum Gasteiger partial charge on any atom is 0.407 e. The van der Waals surface area contributed by atoms with Crippen LogP contribution in [-0.4, -0.2) is 6.18 Å². The Morgan fingerprint density at radius 3 is 2.00 bits per heavy atom. The molecule has 0 aliphatic carbocycles. The van der Waals surface area contributed by atoms with Crippen molar-refractivity contribution in [1.29, 1.82) is 0 Å². The van der Waals surface area contributed by atoms with Crippen LogP contribution in [0.25, 0.3) is 0 Å². The van der Waals surface area contributed by atoms with E-state index in [1.165, 1.54) is 24.3 Å². The molecule has 0 bridgehead atoms. The van der Waals surface area contributed by atoms with Gasteiger partial charge in [0.05, 0.1) is 0 Å². The highest BCUT2D eigenvalue weighted by Crippen LogP contribution is 2.29. The Morgan fingerprint density at radius 2 is 1.58 bits per heavy atom. The molecule has 4 heteroatoms. The van der Waals surface area contributed by atoms with Crippen LogP contribution in [0.15, 0.2) is 30.3 Å². The number of benzene rings is 1. The van der Waals surface area contributed by atoms with Gasteiger partial charge in [0, 0.05) is 0 Å². The molecule has 1 aromatic rings. The highest BCUT2D eigenvalue weighted by atomic mass is 19.4. The fourth-order valence-electron chi connectivity index (χ4n) is 0.849. The van der Waals surface area contributed by atoms with Crippen molar-refractivity contribution in [3.63, 3.8) is 0 Å². The van der Waals surface area contributed by atoms with Crippen LogP contribution in [0.4, 0.5) is 13.2 Å². The SMILES string of the molecule is N[C@@H](c1ccccc1)C(F)(F)F. The standard InChI is InChI=1S/C8H8F3N/c9-8(10,11)7(12)6-4-2-1-3-5-6/h1-5,7H,12H2/t7-/m0/s1. The minimum Gasteiger partial charge on any atom is -0.316 e. The van der Waals surface area contributed by atoms with Crippen molar-refractivity contribution in [1.82, 2.24) is 0 Å². The van der Waals surface area contributed by atoms with Crippen LogP contribution in [-0.2, 0) is 0 Å². The van der Waals surface area contributed by atoms with Gasteiger partial charge in [-0.05, 0) is 5.56 Å². The largest absolute Gasteiger partial charge is 0.407 e. The molecule has 0 saturated carbocycles. The summed E-state index contributed by atoms with van der Waals surface area (Å²) in [6.45, 7) is 0. The van der Waals surface area contributed by atoms with E-state index in [0.29, 0.717) is 0 Å². The van der Waals surface area contributed by atoms with Gasteiger partial charge in [-0.25, -0.2) is 0 Å².